The van der Waals surface area contributed by atoms with E-state index in [-0.39, 0.29) is 30.8 Å². The van der Waals surface area contributed by atoms with E-state index < -0.39 is 0 Å². The summed E-state index contributed by atoms with van der Waals surface area (Å²) >= 11 is 0. The second kappa shape index (κ2) is 7.38. The van der Waals surface area contributed by atoms with Gasteiger partial charge in [-0.1, -0.05) is 18.2 Å². The van der Waals surface area contributed by atoms with Crippen LogP contribution in [0.3, 0.4) is 0 Å². The summed E-state index contributed by atoms with van der Waals surface area (Å²) in [5, 5.41) is 6.21. The van der Waals surface area contributed by atoms with Crippen LogP contribution in [0.1, 0.15) is 17.5 Å². The van der Waals surface area contributed by atoms with Crippen molar-refractivity contribution in [3.63, 3.8) is 0 Å². The number of carbonyl (C=O) groups excluding carboxylic acids is 2. The fourth-order valence-corrected chi connectivity index (χ4v) is 2.82. The van der Waals surface area contributed by atoms with Crippen molar-refractivity contribution in [2.45, 2.75) is 26.3 Å². The maximum absolute atomic E-state index is 12.3. The molecule has 0 aromatic heterocycles. The van der Waals surface area contributed by atoms with Crippen molar-refractivity contribution in [2.24, 2.45) is 5.73 Å². The monoisotopic (exact) mass is 304 g/mol. The third-order valence-corrected chi connectivity index (χ3v) is 4.00. The van der Waals surface area contributed by atoms with Gasteiger partial charge < -0.3 is 16.4 Å². The predicted molar refractivity (Wildman–Crippen MR) is 86.6 cm³/mol. The van der Waals surface area contributed by atoms with Gasteiger partial charge in [0.15, 0.2) is 0 Å². The lowest BCUT2D eigenvalue weighted by Crippen LogP contribution is -2.54. The fraction of sp³-hybridized carbons (Fsp3) is 0.500. The van der Waals surface area contributed by atoms with Gasteiger partial charge in [0.05, 0.1) is 6.54 Å². The molecule has 0 radical (unpaired) electrons. The molecule has 1 aromatic rings. The lowest BCUT2D eigenvalue weighted by atomic mass is 10.1. The van der Waals surface area contributed by atoms with Gasteiger partial charge in [-0.15, -0.1) is 0 Å². The van der Waals surface area contributed by atoms with E-state index in [0.717, 1.165) is 29.9 Å². The molecule has 4 N–H and O–H groups in total. The molecule has 6 heteroatoms. The minimum atomic E-state index is -0.339. The summed E-state index contributed by atoms with van der Waals surface area (Å²) < 4.78 is 0. The highest BCUT2D eigenvalue weighted by molar-refractivity contribution is 5.93. The second-order valence-corrected chi connectivity index (χ2v) is 5.81. The topological polar surface area (TPSA) is 87.5 Å². The van der Waals surface area contributed by atoms with E-state index in [1.807, 2.05) is 36.9 Å². The van der Waals surface area contributed by atoms with E-state index in [1.54, 1.807) is 0 Å². The predicted octanol–water partition coefficient (Wildman–Crippen LogP) is 0.391. The maximum atomic E-state index is 12.3. The number of benzene rings is 1. The van der Waals surface area contributed by atoms with E-state index >= 15 is 0 Å². The Balaban J connectivity index is 1.99. The largest absolute Gasteiger partial charge is 0.370 e. The molecule has 6 nitrogen and oxygen atoms in total. The van der Waals surface area contributed by atoms with E-state index in [4.69, 9.17) is 5.73 Å². The lowest BCUT2D eigenvalue weighted by Gasteiger charge is -2.35. The van der Waals surface area contributed by atoms with Crippen molar-refractivity contribution >= 4 is 17.5 Å². The molecular formula is C16H24N4O2. The Bertz CT molecular complexity index is 539. The van der Waals surface area contributed by atoms with Crippen LogP contribution < -0.4 is 16.4 Å². The Kier molecular flexibility index (Phi) is 5.51. The number of anilines is 1. The highest BCUT2D eigenvalue weighted by Crippen LogP contribution is 2.19. The van der Waals surface area contributed by atoms with Crippen molar-refractivity contribution in [1.82, 2.24) is 10.2 Å². The molecule has 0 aliphatic carbocycles. The Labute approximate surface area is 131 Å². The first kappa shape index (κ1) is 16.5. The SMILES string of the molecule is Cc1cccc(C)c1NC(=O)CN1CCNCC1CC(N)=O. The molecule has 1 aliphatic heterocycles. The quantitative estimate of drug-likeness (QED) is 0.734. The fourth-order valence-electron chi connectivity index (χ4n) is 2.82. The third-order valence-electron chi connectivity index (χ3n) is 4.00. The zero-order valence-corrected chi connectivity index (χ0v) is 13.2. The summed E-state index contributed by atoms with van der Waals surface area (Å²) in [4.78, 5) is 25.5. The van der Waals surface area contributed by atoms with Crippen molar-refractivity contribution < 1.29 is 9.59 Å². The molecule has 120 valence electrons. The summed E-state index contributed by atoms with van der Waals surface area (Å²) in [6.07, 6.45) is 0.268. The number of nitrogens with zero attached hydrogens (tertiary/aromatic N) is 1. The van der Waals surface area contributed by atoms with Gasteiger partial charge in [0, 0.05) is 37.8 Å². The maximum Gasteiger partial charge on any atom is 0.238 e. The summed E-state index contributed by atoms with van der Waals surface area (Å²) in [7, 11) is 0. The molecule has 1 saturated heterocycles. The van der Waals surface area contributed by atoms with Crippen LogP contribution in [0.15, 0.2) is 18.2 Å². The summed E-state index contributed by atoms with van der Waals surface area (Å²) in [6, 6.07) is 5.90. The number of aryl methyl sites for hydroxylation is 2. The summed E-state index contributed by atoms with van der Waals surface area (Å²) in [6.45, 7) is 6.45. The van der Waals surface area contributed by atoms with E-state index in [0.29, 0.717) is 6.54 Å². The molecule has 1 unspecified atom stereocenters. The van der Waals surface area contributed by atoms with Crippen LogP contribution in [0.2, 0.25) is 0 Å². The van der Waals surface area contributed by atoms with Crippen LogP contribution >= 0.6 is 0 Å². The van der Waals surface area contributed by atoms with Gasteiger partial charge in [-0.2, -0.15) is 0 Å². The van der Waals surface area contributed by atoms with Crippen molar-refractivity contribution in [2.75, 3.05) is 31.5 Å². The van der Waals surface area contributed by atoms with Gasteiger partial charge >= 0.3 is 0 Å². The second-order valence-electron chi connectivity index (χ2n) is 5.81. The number of primary amides is 1. The number of hydrogen-bond acceptors (Lipinski definition) is 4. The van der Waals surface area contributed by atoms with Gasteiger partial charge in [0.2, 0.25) is 11.8 Å². The van der Waals surface area contributed by atoms with Crippen LogP contribution in [0.4, 0.5) is 5.69 Å². The summed E-state index contributed by atoms with van der Waals surface area (Å²) in [5.74, 6) is -0.400. The molecule has 1 heterocycles. The Hall–Kier alpha value is -1.92. The van der Waals surface area contributed by atoms with Crippen LogP contribution in [0, 0.1) is 13.8 Å². The zero-order chi connectivity index (χ0) is 16.1. The molecule has 1 atom stereocenters. The van der Waals surface area contributed by atoms with E-state index in [1.165, 1.54) is 0 Å². The van der Waals surface area contributed by atoms with Crippen LogP contribution in [-0.4, -0.2) is 48.9 Å². The third kappa shape index (κ3) is 4.29. The average Bonchev–Trinajstić information content (AvgIpc) is 2.45. The lowest BCUT2D eigenvalue weighted by molar-refractivity contribution is -0.122. The average molecular weight is 304 g/mol. The molecule has 0 spiro atoms. The smallest absolute Gasteiger partial charge is 0.238 e. The standard InChI is InChI=1S/C16H24N4O2/c1-11-4-3-5-12(2)16(11)19-15(22)10-20-7-6-18-9-13(20)8-14(17)21/h3-5,13,18H,6-10H2,1-2H3,(H2,17,21)(H,19,22). The van der Waals surface area contributed by atoms with Crippen molar-refractivity contribution in [1.29, 1.82) is 0 Å². The molecule has 1 fully saturated rings. The zero-order valence-electron chi connectivity index (χ0n) is 13.2. The Morgan fingerprint density at radius 3 is 2.68 bits per heavy atom. The molecule has 0 saturated carbocycles. The van der Waals surface area contributed by atoms with Gasteiger partial charge in [-0.05, 0) is 25.0 Å². The first-order valence-electron chi connectivity index (χ1n) is 7.56. The molecule has 2 rings (SSSR count). The minimum Gasteiger partial charge on any atom is -0.370 e. The number of nitrogens with one attached hydrogen (secondary N) is 2. The molecule has 1 aliphatic rings. The van der Waals surface area contributed by atoms with Crippen LogP contribution in [0.25, 0.3) is 0 Å². The van der Waals surface area contributed by atoms with Gasteiger partial charge in [0.1, 0.15) is 0 Å². The minimum absolute atomic E-state index is 0.0185. The normalized spacial score (nSPS) is 18.9. The molecule has 22 heavy (non-hydrogen) atoms. The number of para-hydroxylation sites is 1. The van der Waals surface area contributed by atoms with Crippen LogP contribution in [-0.2, 0) is 9.59 Å². The number of rotatable bonds is 5. The van der Waals surface area contributed by atoms with Crippen molar-refractivity contribution in [3.05, 3.63) is 29.3 Å². The first-order valence-corrected chi connectivity index (χ1v) is 7.56. The number of nitrogens with two attached hydrogens (primary N) is 1. The van der Waals surface area contributed by atoms with Gasteiger partial charge in [0.25, 0.3) is 0 Å². The van der Waals surface area contributed by atoms with Gasteiger partial charge in [-0.25, -0.2) is 0 Å². The highest BCUT2D eigenvalue weighted by Gasteiger charge is 2.25. The van der Waals surface area contributed by atoms with E-state index in [9.17, 15) is 9.59 Å². The Morgan fingerprint density at radius 2 is 2.05 bits per heavy atom. The molecule has 1 aromatic carbocycles. The Morgan fingerprint density at radius 1 is 1.36 bits per heavy atom. The highest BCUT2D eigenvalue weighted by atomic mass is 16.2. The first-order chi connectivity index (χ1) is 10.5. The van der Waals surface area contributed by atoms with E-state index in [2.05, 4.69) is 10.6 Å². The number of amides is 2. The molecular weight excluding hydrogens is 280 g/mol. The number of piperazine rings is 1. The number of carbonyl (C=O) groups is 2. The van der Waals surface area contributed by atoms with Crippen LogP contribution in [0.5, 0.6) is 0 Å². The molecule has 0 bridgehead atoms. The molecule has 2 amide bonds. The van der Waals surface area contributed by atoms with Gasteiger partial charge in [-0.3, -0.25) is 14.5 Å². The van der Waals surface area contributed by atoms with Crippen molar-refractivity contribution in [3.8, 4) is 0 Å². The summed E-state index contributed by atoms with van der Waals surface area (Å²) in [5.41, 5.74) is 8.24. The number of hydrogen-bond donors (Lipinski definition) is 3.